The highest BCUT2D eigenvalue weighted by Gasteiger charge is 2.19. The van der Waals surface area contributed by atoms with E-state index in [0.29, 0.717) is 12.1 Å². The lowest BCUT2D eigenvalue weighted by Crippen LogP contribution is -2.27. The van der Waals surface area contributed by atoms with E-state index < -0.39 is 34.8 Å². The van der Waals surface area contributed by atoms with E-state index in [-0.39, 0.29) is 0 Å². The average molecular weight is 247 g/mol. The fourth-order valence-corrected chi connectivity index (χ4v) is 1.07. The summed E-state index contributed by atoms with van der Waals surface area (Å²) < 4.78 is 43.7. The molecular weight excluding hydrogens is 235 g/mol. The molecule has 0 aliphatic carbocycles. The van der Waals surface area contributed by atoms with Gasteiger partial charge in [-0.25, -0.2) is 18.0 Å². The number of benzene rings is 1. The van der Waals surface area contributed by atoms with Crippen molar-refractivity contribution in [2.75, 3.05) is 5.32 Å². The van der Waals surface area contributed by atoms with Crippen LogP contribution in [0, 0.1) is 17.5 Å². The monoisotopic (exact) mass is 247 g/mol. The Labute approximate surface area is 96.6 Å². The van der Waals surface area contributed by atoms with Crippen LogP contribution in [0.15, 0.2) is 12.1 Å². The van der Waals surface area contributed by atoms with Crippen LogP contribution in [0.25, 0.3) is 0 Å². The van der Waals surface area contributed by atoms with Gasteiger partial charge in [-0.15, -0.1) is 0 Å². The molecule has 0 aromatic heterocycles. The summed E-state index contributed by atoms with van der Waals surface area (Å²) in [6.07, 6.45) is -1.01. The van der Waals surface area contributed by atoms with Crippen molar-refractivity contribution < 1.29 is 22.7 Å². The molecule has 1 amide bonds. The Morgan fingerprint density at radius 3 is 2.06 bits per heavy atom. The summed E-state index contributed by atoms with van der Waals surface area (Å²) in [6, 6.07) is 0.936. The SMILES string of the molecule is CC(C)(C)OC(=O)Nc1c(F)cc(F)cc1F. The van der Waals surface area contributed by atoms with Gasteiger partial charge in [0.1, 0.15) is 17.1 Å². The second-order valence-corrected chi connectivity index (χ2v) is 4.37. The van der Waals surface area contributed by atoms with E-state index in [0.717, 1.165) is 0 Å². The minimum atomic E-state index is -1.20. The third-order valence-corrected chi connectivity index (χ3v) is 1.63. The molecule has 1 N–H and O–H groups in total. The number of rotatable bonds is 1. The van der Waals surface area contributed by atoms with Crippen LogP contribution < -0.4 is 5.32 Å². The van der Waals surface area contributed by atoms with Crippen molar-refractivity contribution in [2.24, 2.45) is 0 Å². The van der Waals surface area contributed by atoms with Crippen LogP contribution in [-0.4, -0.2) is 11.7 Å². The predicted molar refractivity (Wildman–Crippen MR) is 56.2 cm³/mol. The summed E-state index contributed by atoms with van der Waals surface area (Å²) in [5.74, 6) is -3.46. The van der Waals surface area contributed by atoms with Crippen molar-refractivity contribution in [3.05, 3.63) is 29.6 Å². The van der Waals surface area contributed by atoms with Crippen LogP contribution in [0.4, 0.5) is 23.7 Å². The lowest BCUT2D eigenvalue weighted by molar-refractivity contribution is 0.0634. The van der Waals surface area contributed by atoms with Crippen LogP contribution in [-0.2, 0) is 4.74 Å². The van der Waals surface area contributed by atoms with Gasteiger partial charge >= 0.3 is 6.09 Å². The van der Waals surface area contributed by atoms with E-state index in [9.17, 15) is 18.0 Å². The highest BCUT2D eigenvalue weighted by molar-refractivity contribution is 5.85. The van der Waals surface area contributed by atoms with Crippen LogP contribution >= 0.6 is 0 Å². The van der Waals surface area contributed by atoms with Gasteiger partial charge in [-0.2, -0.15) is 0 Å². The zero-order valence-corrected chi connectivity index (χ0v) is 9.61. The number of hydrogen-bond acceptors (Lipinski definition) is 2. The van der Waals surface area contributed by atoms with Crippen molar-refractivity contribution in [1.82, 2.24) is 0 Å². The standard InChI is InChI=1S/C11H12F3NO2/c1-11(2,3)17-10(16)15-9-7(13)4-6(12)5-8(9)14/h4-5H,1-3H3,(H,15,16). The van der Waals surface area contributed by atoms with E-state index in [1.54, 1.807) is 20.8 Å². The predicted octanol–water partition coefficient (Wildman–Crippen LogP) is 3.45. The molecule has 0 unspecified atom stereocenters. The zero-order valence-electron chi connectivity index (χ0n) is 9.61. The fraction of sp³-hybridized carbons (Fsp3) is 0.364. The molecule has 0 saturated carbocycles. The molecule has 0 radical (unpaired) electrons. The molecule has 0 spiro atoms. The topological polar surface area (TPSA) is 38.3 Å². The first kappa shape index (κ1) is 13.3. The molecule has 6 heteroatoms. The number of anilines is 1. The maximum atomic E-state index is 13.2. The second-order valence-electron chi connectivity index (χ2n) is 4.37. The number of hydrogen-bond donors (Lipinski definition) is 1. The van der Waals surface area contributed by atoms with Crippen LogP contribution in [0.2, 0.25) is 0 Å². The highest BCUT2D eigenvalue weighted by atomic mass is 19.1. The smallest absolute Gasteiger partial charge is 0.412 e. The van der Waals surface area contributed by atoms with Crippen LogP contribution in [0.5, 0.6) is 0 Å². The van der Waals surface area contributed by atoms with Gasteiger partial charge in [-0.3, -0.25) is 5.32 Å². The summed E-state index contributed by atoms with van der Waals surface area (Å²) in [6.45, 7) is 4.80. The van der Waals surface area contributed by atoms with Gasteiger partial charge in [0.15, 0.2) is 11.6 Å². The quantitative estimate of drug-likeness (QED) is 0.825. The normalized spacial score (nSPS) is 11.2. The number of nitrogens with one attached hydrogen (secondary N) is 1. The Balaban J connectivity index is 2.86. The number of ether oxygens (including phenoxy) is 1. The molecule has 0 aliphatic heterocycles. The van der Waals surface area contributed by atoms with Gasteiger partial charge in [-0.05, 0) is 20.8 Å². The van der Waals surface area contributed by atoms with Crippen molar-refractivity contribution in [2.45, 2.75) is 26.4 Å². The molecule has 0 aliphatic rings. The number of carbonyl (C=O) groups is 1. The molecule has 0 bridgehead atoms. The summed E-state index contributed by atoms with van der Waals surface area (Å²) in [5, 5.41) is 1.88. The van der Waals surface area contributed by atoms with Crippen molar-refractivity contribution in [3.8, 4) is 0 Å². The fourth-order valence-electron chi connectivity index (χ4n) is 1.07. The van der Waals surface area contributed by atoms with E-state index in [1.807, 2.05) is 5.32 Å². The van der Waals surface area contributed by atoms with E-state index >= 15 is 0 Å². The maximum Gasteiger partial charge on any atom is 0.412 e. The van der Waals surface area contributed by atoms with E-state index in [1.165, 1.54) is 0 Å². The lowest BCUT2D eigenvalue weighted by Gasteiger charge is -2.19. The van der Waals surface area contributed by atoms with Crippen molar-refractivity contribution in [1.29, 1.82) is 0 Å². The largest absolute Gasteiger partial charge is 0.444 e. The minimum absolute atomic E-state index is 0.468. The first-order valence-electron chi connectivity index (χ1n) is 4.83. The Morgan fingerprint density at radius 2 is 1.65 bits per heavy atom. The van der Waals surface area contributed by atoms with Gasteiger partial charge in [0, 0.05) is 12.1 Å². The minimum Gasteiger partial charge on any atom is -0.444 e. The number of carbonyl (C=O) groups excluding carboxylic acids is 1. The van der Waals surface area contributed by atoms with Crippen molar-refractivity contribution >= 4 is 11.8 Å². The number of amides is 1. The first-order valence-corrected chi connectivity index (χ1v) is 4.83. The molecule has 1 aromatic rings. The molecule has 17 heavy (non-hydrogen) atoms. The highest BCUT2D eigenvalue weighted by Crippen LogP contribution is 2.21. The molecule has 0 heterocycles. The Kier molecular flexibility index (Phi) is 3.65. The zero-order chi connectivity index (χ0) is 13.2. The summed E-state index contributed by atoms with van der Waals surface area (Å²) in [4.78, 5) is 11.3. The molecule has 1 rings (SSSR count). The van der Waals surface area contributed by atoms with Gasteiger partial charge < -0.3 is 4.74 Å². The van der Waals surface area contributed by atoms with Crippen molar-refractivity contribution in [3.63, 3.8) is 0 Å². The van der Waals surface area contributed by atoms with E-state index in [2.05, 4.69) is 0 Å². The summed E-state index contributed by atoms with van der Waals surface area (Å²) in [5.41, 5.74) is -1.53. The van der Waals surface area contributed by atoms with Crippen LogP contribution in [0.1, 0.15) is 20.8 Å². The molecule has 1 aromatic carbocycles. The Bertz CT molecular complexity index is 418. The molecule has 94 valence electrons. The third kappa shape index (κ3) is 3.97. The summed E-state index contributed by atoms with van der Waals surface area (Å²) in [7, 11) is 0. The van der Waals surface area contributed by atoms with Gasteiger partial charge in [-0.1, -0.05) is 0 Å². The van der Waals surface area contributed by atoms with Gasteiger partial charge in [0.2, 0.25) is 0 Å². The molecular formula is C11H12F3NO2. The molecule has 3 nitrogen and oxygen atoms in total. The van der Waals surface area contributed by atoms with Gasteiger partial charge in [0.05, 0.1) is 0 Å². The van der Waals surface area contributed by atoms with Gasteiger partial charge in [0.25, 0.3) is 0 Å². The van der Waals surface area contributed by atoms with Crippen LogP contribution in [0.3, 0.4) is 0 Å². The second kappa shape index (κ2) is 4.65. The Morgan fingerprint density at radius 1 is 1.18 bits per heavy atom. The average Bonchev–Trinajstić information content (AvgIpc) is 2.08. The summed E-state index contributed by atoms with van der Waals surface area (Å²) >= 11 is 0. The molecule has 0 fully saturated rings. The lowest BCUT2D eigenvalue weighted by atomic mass is 10.2. The van der Waals surface area contributed by atoms with E-state index in [4.69, 9.17) is 4.74 Å². The maximum absolute atomic E-state index is 13.2. The Hall–Kier alpha value is -1.72. The molecule has 0 saturated heterocycles. The number of halogens is 3. The third-order valence-electron chi connectivity index (χ3n) is 1.63. The molecule has 0 atom stereocenters. The first-order chi connectivity index (χ1) is 7.69.